The van der Waals surface area contributed by atoms with E-state index in [1.54, 1.807) is 0 Å². The van der Waals surface area contributed by atoms with Crippen LogP contribution in [0.2, 0.25) is 0 Å². The van der Waals surface area contributed by atoms with Gasteiger partial charge in [-0.1, -0.05) is 45.3 Å². The number of carbonyl (C=O) groups excluding carboxylic acids is 1. The average Bonchev–Trinajstić information content (AvgIpc) is 2.45. The quantitative estimate of drug-likeness (QED) is 0.789. The molecule has 1 amide bonds. The number of carbonyl (C=O) groups is 1. The van der Waals surface area contributed by atoms with E-state index in [1.165, 1.54) is 18.4 Å². The Hall–Kier alpha value is -0.830. The summed E-state index contributed by atoms with van der Waals surface area (Å²) < 4.78 is 0. The lowest BCUT2D eigenvalue weighted by molar-refractivity contribution is -0.138. The Kier molecular flexibility index (Phi) is 4.90. The molecule has 0 aromatic carbocycles. The first-order chi connectivity index (χ1) is 9.43. The molecule has 20 heavy (non-hydrogen) atoms. The summed E-state index contributed by atoms with van der Waals surface area (Å²) in [5.41, 5.74) is 7.58. The van der Waals surface area contributed by atoms with E-state index in [9.17, 15) is 4.79 Å². The number of amides is 1. The monoisotopic (exact) mass is 278 g/mol. The number of rotatable bonds is 2. The summed E-state index contributed by atoms with van der Waals surface area (Å²) in [6.07, 6.45) is 7.87. The molecular weight excluding hydrogens is 248 g/mol. The predicted molar refractivity (Wildman–Crippen MR) is 83.2 cm³/mol. The molecule has 3 heteroatoms. The van der Waals surface area contributed by atoms with E-state index in [1.807, 2.05) is 4.90 Å². The highest BCUT2D eigenvalue weighted by Crippen LogP contribution is 2.33. The topological polar surface area (TPSA) is 46.3 Å². The summed E-state index contributed by atoms with van der Waals surface area (Å²) in [4.78, 5) is 14.8. The summed E-state index contributed by atoms with van der Waals surface area (Å²) in [6.45, 7) is 9.09. The van der Waals surface area contributed by atoms with E-state index in [4.69, 9.17) is 5.73 Å². The smallest absolute Gasteiger partial charge is 0.226 e. The molecule has 114 valence electrons. The van der Waals surface area contributed by atoms with Gasteiger partial charge in [-0.25, -0.2) is 0 Å². The second-order valence-electron chi connectivity index (χ2n) is 7.40. The second-order valence-corrected chi connectivity index (χ2v) is 7.40. The standard InChI is InChI=1S/C17H30N2O/c1-17(2,3)14-8-10-19(11-9-14)16(20)15-7-5-4-6-13(15)12-18/h8,13,15H,4-7,9-12,18H2,1-3H3. The minimum atomic E-state index is 0.179. The Labute approximate surface area is 123 Å². The van der Waals surface area contributed by atoms with Crippen LogP contribution >= 0.6 is 0 Å². The molecule has 1 aliphatic heterocycles. The lowest BCUT2D eigenvalue weighted by Crippen LogP contribution is -2.44. The summed E-state index contributed by atoms with van der Waals surface area (Å²) in [6, 6.07) is 0. The van der Waals surface area contributed by atoms with Crippen molar-refractivity contribution in [1.29, 1.82) is 0 Å². The normalized spacial score (nSPS) is 28.2. The molecular formula is C17H30N2O. The van der Waals surface area contributed by atoms with Gasteiger partial charge in [0.05, 0.1) is 0 Å². The molecule has 1 fully saturated rings. The number of hydrogen-bond donors (Lipinski definition) is 1. The number of nitrogens with two attached hydrogens (primary N) is 1. The molecule has 0 radical (unpaired) electrons. The molecule has 2 unspecified atom stereocenters. The van der Waals surface area contributed by atoms with E-state index >= 15 is 0 Å². The summed E-state index contributed by atoms with van der Waals surface area (Å²) >= 11 is 0. The molecule has 3 nitrogen and oxygen atoms in total. The Balaban J connectivity index is 1.99. The van der Waals surface area contributed by atoms with Gasteiger partial charge in [0.15, 0.2) is 0 Å². The van der Waals surface area contributed by atoms with Crippen LogP contribution in [0.25, 0.3) is 0 Å². The molecule has 1 saturated carbocycles. The van der Waals surface area contributed by atoms with Crippen LogP contribution in [0, 0.1) is 17.3 Å². The van der Waals surface area contributed by atoms with E-state index in [0.717, 1.165) is 32.4 Å². The van der Waals surface area contributed by atoms with Crippen LogP contribution in [0.3, 0.4) is 0 Å². The fourth-order valence-electron chi connectivity index (χ4n) is 3.60. The van der Waals surface area contributed by atoms with E-state index in [2.05, 4.69) is 26.8 Å². The van der Waals surface area contributed by atoms with Crippen molar-refractivity contribution in [3.8, 4) is 0 Å². The number of hydrogen-bond acceptors (Lipinski definition) is 2. The molecule has 2 atom stereocenters. The lowest BCUT2D eigenvalue weighted by atomic mass is 9.78. The van der Waals surface area contributed by atoms with E-state index in [0.29, 0.717) is 18.4 Å². The SMILES string of the molecule is CC(C)(C)C1=CCN(C(=O)C2CCCCC2CN)CC1. The molecule has 0 aromatic heterocycles. The van der Waals surface area contributed by atoms with Crippen LogP contribution in [0.1, 0.15) is 52.9 Å². The first-order valence-electron chi connectivity index (χ1n) is 8.12. The maximum absolute atomic E-state index is 12.7. The predicted octanol–water partition coefficient (Wildman–Crippen LogP) is 2.96. The van der Waals surface area contributed by atoms with Gasteiger partial charge >= 0.3 is 0 Å². The van der Waals surface area contributed by atoms with Crippen LogP contribution in [-0.4, -0.2) is 30.4 Å². The molecule has 0 aromatic rings. The van der Waals surface area contributed by atoms with Crippen molar-refractivity contribution >= 4 is 5.91 Å². The molecule has 2 N–H and O–H groups in total. The molecule has 2 rings (SSSR count). The van der Waals surface area contributed by atoms with Crippen LogP contribution < -0.4 is 5.73 Å². The fourth-order valence-corrected chi connectivity index (χ4v) is 3.60. The van der Waals surface area contributed by atoms with Crippen molar-refractivity contribution in [3.63, 3.8) is 0 Å². The second kappa shape index (κ2) is 6.30. The summed E-state index contributed by atoms with van der Waals surface area (Å²) in [7, 11) is 0. The summed E-state index contributed by atoms with van der Waals surface area (Å²) in [5.74, 6) is 0.937. The largest absolute Gasteiger partial charge is 0.338 e. The van der Waals surface area contributed by atoms with Crippen LogP contribution in [0.4, 0.5) is 0 Å². The maximum atomic E-state index is 12.7. The van der Waals surface area contributed by atoms with Gasteiger partial charge in [0.2, 0.25) is 5.91 Å². The van der Waals surface area contributed by atoms with Crippen LogP contribution in [-0.2, 0) is 4.79 Å². The van der Waals surface area contributed by atoms with Crippen molar-refractivity contribution in [2.45, 2.75) is 52.9 Å². The third kappa shape index (κ3) is 3.43. The van der Waals surface area contributed by atoms with Crippen molar-refractivity contribution in [2.24, 2.45) is 23.0 Å². The zero-order chi connectivity index (χ0) is 14.8. The Bertz CT molecular complexity index is 381. The van der Waals surface area contributed by atoms with Gasteiger partial charge in [0, 0.05) is 19.0 Å². The molecule has 1 aliphatic carbocycles. The Morgan fingerprint density at radius 1 is 1.35 bits per heavy atom. The molecule has 2 aliphatic rings. The highest BCUT2D eigenvalue weighted by molar-refractivity contribution is 5.79. The first-order valence-corrected chi connectivity index (χ1v) is 8.12. The van der Waals surface area contributed by atoms with Gasteiger partial charge in [0.25, 0.3) is 0 Å². The maximum Gasteiger partial charge on any atom is 0.226 e. The molecule has 0 bridgehead atoms. The molecule has 1 heterocycles. The molecule has 0 saturated heterocycles. The van der Waals surface area contributed by atoms with Crippen LogP contribution in [0.15, 0.2) is 11.6 Å². The third-order valence-electron chi connectivity index (χ3n) is 5.01. The fraction of sp³-hybridized carbons (Fsp3) is 0.824. The van der Waals surface area contributed by atoms with Gasteiger partial charge in [-0.2, -0.15) is 0 Å². The summed E-state index contributed by atoms with van der Waals surface area (Å²) in [5, 5.41) is 0. The van der Waals surface area contributed by atoms with E-state index in [-0.39, 0.29) is 11.3 Å². The molecule has 0 spiro atoms. The Morgan fingerprint density at radius 3 is 2.60 bits per heavy atom. The number of nitrogens with zero attached hydrogens (tertiary/aromatic N) is 1. The van der Waals surface area contributed by atoms with Gasteiger partial charge in [-0.05, 0) is 37.1 Å². The highest BCUT2D eigenvalue weighted by atomic mass is 16.2. The van der Waals surface area contributed by atoms with Gasteiger partial charge in [-0.15, -0.1) is 0 Å². The van der Waals surface area contributed by atoms with Gasteiger partial charge < -0.3 is 10.6 Å². The van der Waals surface area contributed by atoms with Crippen LogP contribution in [0.5, 0.6) is 0 Å². The third-order valence-corrected chi connectivity index (χ3v) is 5.01. The van der Waals surface area contributed by atoms with Gasteiger partial charge in [0.1, 0.15) is 0 Å². The van der Waals surface area contributed by atoms with E-state index < -0.39 is 0 Å². The minimum absolute atomic E-state index is 0.179. The average molecular weight is 278 g/mol. The Morgan fingerprint density at radius 2 is 2.05 bits per heavy atom. The lowest BCUT2D eigenvalue weighted by Gasteiger charge is -2.37. The minimum Gasteiger partial charge on any atom is -0.338 e. The van der Waals surface area contributed by atoms with Crippen molar-refractivity contribution in [1.82, 2.24) is 4.90 Å². The zero-order valence-electron chi connectivity index (χ0n) is 13.3. The zero-order valence-corrected chi connectivity index (χ0v) is 13.3. The van der Waals surface area contributed by atoms with Crippen molar-refractivity contribution < 1.29 is 4.79 Å². The van der Waals surface area contributed by atoms with Crippen molar-refractivity contribution in [3.05, 3.63) is 11.6 Å². The van der Waals surface area contributed by atoms with Crippen molar-refractivity contribution in [2.75, 3.05) is 19.6 Å². The first kappa shape index (κ1) is 15.6. The van der Waals surface area contributed by atoms with Gasteiger partial charge in [-0.3, -0.25) is 4.79 Å². The highest BCUT2D eigenvalue weighted by Gasteiger charge is 2.33.